The van der Waals surface area contributed by atoms with E-state index in [0.29, 0.717) is 0 Å². The van der Waals surface area contributed by atoms with Crippen molar-refractivity contribution < 1.29 is 20.3 Å². The predicted octanol–water partition coefficient (Wildman–Crippen LogP) is 0.468. The number of hydrogen-bond acceptors (Lipinski definition) is 3. The molecule has 0 spiro atoms. The molecule has 1 aromatic carbocycles. The van der Waals surface area contributed by atoms with Gasteiger partial charge in [-0.1, -0.05) is 6.07 Å². The Morgan fingerprint density at radius 2 is 2.08 bits per heavy atom. The maximum absolute atomic E-state index is 10.4. The Morgan fingerprint density at radius 3 is 2.54 bits per heavy atom. The van der Waals surface area contributed by atoms with Crippen molar-refractivity contribution in [1.29, 1.82) is 0 Å². The summed E-state index contributed by atoms with van der Waals surface area (Å²) >= 11 is 0. The van der Waals surface area contributed by atoms with Crippen LogP contribution in [0.5, 0.6) is 0 Å². The summed E-state index contributed by atoms with van der Waals surface area (Å²) in [4.78, 5) is 19.9. The van der Waals surface area contributed by atoms with Crippen LogP contribution < -0.4 is 0 Å². The first-order chi connectivity index (χ1) is 5.61. The molecule has 0 bridgehead atoms. The number of non-ortho nitro benzene ring substituents is 1. The lowest BCUT2D eigenvalue weighted by Crippen LogP contribution is -1.97. The molecule has 0 aliphatic carbocycles. The predicted molar refractivity (Wildman–Crippen MR) is 43.7 cm³/mol. The fourth-order valence-electron chi connectivity index (χ4n) is 0.753. The van der Waals surface area contributed by atoms with E-state index in [1.165, 1.54) is 18.2 Å². The molecule has 3 N–H and O–H groups in total. The van der Waals surface area contributed by atoms with Crippen molar-refractivity contribution in [1.82, 2.24) is 0 Å². The molecule has 1 rings (SSSR count). The van der Waals surface area contributed by atoms with Crippen molar-refractivity contribution in [2.45, 2.75) is 0 Å². The molecule has 0 fully saturated rings. The van der Waals surface area contributed by atoms with Crippen molar-refractivity contribution in [3.63, 3.8) is 0 Å². The first-order valence-electron chi connectivity index (χ1n) is 3.09. The van der Waals surface area contributed by atoms with Crippen LogP contribution in [0.15, 0.2) is 24.3 Å². The fraction of sp³-hybridized carbons (Fsp3) is 0. The topological polar surface area (TPSA) is 112 Å². The Hall–Kier alpha value is -1.95. The second-order valence-electron chi connectivity index (χ2n) is 2.11. The second-order valence-corrected chi connectivity index (χ2v) is 2.11. The van der Waals surface area contributed by atoms with Crippen LogP contribution in [0.25, 0.3) is 0 Å². The zero-order valence-electron chi connectivity index (χ0n) is 6.43. The minimum Gasteiger partial charge on any atom is -0.478 e. The summed E-state index contributed by atoms with van der Waals surface area (Å²) in [5, 5.41) is 18.7. The van der Waals surface area contributed by atoms with Crippen molar-refractivity contribution in [3.05, 3.63) is 39.9 Å². The van der Waals surface area contributed by atoms with Crippen molar-refractivity contribution in [2.75, 3.05) is 0 Å². The molecule has 6 nitrogen and oxygen atoms in total. The molecule has 0 amide bonds. The van der Waals surface area contributed by atoms with E-state index >= 15 is 0 Å². The van der Waals surface area contributed by atoms with Gasteiger partial charge >= 0.3 is 5.97 Å². The van der Waals surface area contributed by atoms with Gasteiger partial charge in [0.05, 0.1) is 10.5 Å². The number of nitrogens with zero attached hydrogens (tertiary/aromatic N) is 1. The highest BCUT2D eigenvalue weighted by molar-refractivity contribution is 5.88. The number of hydrogen-bond donors (Lipinski definition) is 1. The summed E-state index contributed by atoms with van der Waals surface area (Å²) in [5.41, 5.74) is -0.292. The van der Waals surface area contributed by atoms with Crippen LogP contribution in [-0.4, -0.2) is 21.5 Å². The largest absolute Gasteiger partial charge is 0.478 e. The van der Waals surface area contributed by atoms with E-state index in [2.05, 4.69) is 0 Å². The van der Waals surface area contributed by atoms with Gasteiger partial charge in [0.25, 0.3) is 5.69 Å². The molecule has 13 heavy (non-hydrogen) atoms. The van der Waals surface area contributed by atoms with Gasteiger partial charge in [0.2, 0.25) is 0 Å². The molecule has 0 heterocycles. The first kappa shape index (κ1) is 11.1. The van der Waals surface area contributed by atoms with E-state index in [-0.39, 0.29) is 16.7 Å². The summed E-state index contributed by atoms with van der Waals surface area (Å²) in [7, 11) is 0. The Labute approximate surface area is 72.9 Å². The van der Waals surface area contributed by atoms with Gasteiger partial charge in [-0.05, 0) is 6.07 Å². The summed E-state index contributed by atoms with van der Waals surface area (Å²) < 4.78 is 0. The molecular formula is C7H7NO5. The highest BCUT2D eigenvalue weighted by Crippen LogP contribution is 2.12. The summed E-state index contributed by atoms with van der Waals surface area (Å²) in [6, 6.07) is 4.89. The van der Waals surface area contributed by atoms with Crippen LogP contribution in [0.2, 0.25) is 0 Å². The van der Waals surface area contributed by atoms with E-state index in [0.717, 1.165) is 6.07 Å². The lowest BCUT2D eigenvalue weighted by Gasteiger charge is -1.92. The molecule has 0 saturated carbocycles. The van der Waals surface area contributed by atoms with Gasteiger partial charge < -0.3 is 10.6 Å². The third-order valence-corrected chi connectivity index (χ3v) is 1.30. The first-order valence-corrected chi connectivity index (χ1v) is 3.09. The number of aromatic carboxylic acids is 1. The Kier molecular flexibility index (Phi) is 3.54. The lowest BCUT2D eigenvalue weighted by molar-refractivity contribution is -0.384. The maximum Gasteiger partial charge on any atom is 0.335 e. The van der Waals surface area contributed by atoms with E-state index in [4.69, 9.17) is 5.11 Å². The number of nitro benzene ring substituents is 1. The van der Waals surface area contributed by atoms with E-state index in [1.54, 1.807) is 0 Å². The molecule has 0 aliphatic rings. The van der Waals surface area contributed by atoms with Crippen LogP contribution in [0.4, 0.5) is 5.69 Å². The van der Waals surface area contributed by atoms with Crippen molar-refractivity contribution in [2.24, 2.45) is 0 Å². The van der Waals surface area contributed by atoms with Gasteiger partial charge in [0.1, 0.15) is 0 Å². The summed E-state index contributed by atoms with van der Waals surface area (Å²) in [6.07, 6.45) is 0. The van der Waals surface area contributed by atoms with Gasteiger partial charge in [0, 0.05) is 12.1 Å². The van der Waals surface area contributed by atoms with Gasteiger partial charge in [-0.3, -0.25) is 10.1 Å². The monoisotopic (exact) mass is 185 g/mol. The second kappa shape index (κ2) is 4.17. The quantitative estimate of drug-likeness (QED) is 0.532. The molecule has 0 aromatic heterocycles. The van der Waals surface area contributed by atoms with Crippen LogP contribution in [-0.2, 0) is 0 Å². The smallest absolute Gasteiger partial charge is 0.335 e. The van der Waals surface area contributed by atoms with Crippen LogP contribution in [0.3, 0.4) is 0 Å². The fourth-order valence-corrected chi connectivity index (χ4v) is 0.753. The number of benzene rings is 1. The molecule has 70 valence electrons. The minimum atomic E-state index is -1.17. The minimum absolute atomic E-state index is 0. The van der Waals surface area contributed by atoms with Gasteiger partial charge in [-0.2, -0.15) is 0 Å². The van der Waals surface area contributed by atoms with E-state index in [1.807, 2.05) is 0 Å². The standard InChI is InChI=1S/C7H5NO4.H2O/c9-7(10)5-2-1-3-6(4-5)8(11)12;/h1-4H,(H,9,10);1H2. The van der Waals surface area contributed by atoms with Crippen molar-refractivity contribution >= 4 is 11.7 Å². The summed E-state index contributed by atoms with van der Waals surface area (Å²) in [6.45, 7) is 0. The Balaban J connectivity index is 0.00000144. The SMILES string of the molecule is O.O=C(O)c1cccc([N+](=O)[O-])c1. The van der Waals surface area contributed by atoms with Gasteiger partial charge in [-0.25, -0.2) is 4.79 Å². The maximum atomic E-state index is 10.4. The van der Waals surface area contributed by atoms with Crippen LogP contribution in [0, 0.1) is 10.1 Å². The number of carbonyl (C=O) groups is 1. The highest BCUT2D eigenvalue weighted by atomic mass is 16.6. The number of rotatable bonds is 2. The zero-order chi connectivity index (χ0) is 9.14. The van der Waals surface area contributed by atoms with Gasteiger partial charge in [0.15, 0.2) is 0 Å². The average Bonchev–Trinajstić information content (AvgIpc) is 2.04. The molecular weight excluding hydrogens is 178 g/mol. The van der Waals surface area contributed by atoms with Crippen molar-refractivity contribution in [3.8, 4) is 0 Å². The third-order valence-electron chi connectivity index (χ3n) is 1.30. The number of carboxylic acids is 1. The summed E-state index contributed by atoms with van der Waals surface area (Å²) in [5.74, 6) is -1.17. The van der Waals surface area contributed by atoms with Crippen LogP contribution in [0.1, 0.15) is 10.4 Å². The Bertz CT molecular complexity index is 306. The molecule has 1 aromatic rings. The zero-order valence-corrected chi connectivity index (χ0v) is 6.43. The number of carboxylic acid groups (broad SMARTS) is 1. The third kappa shape index (κ3) is 2.53. The molecule has 0 unspecified atom stereocenters. The molecule has 0 radical (unpaired) electrons. The van der Waals surface area contributed by atoms with E-state index < -0.39 is 10.9 Å². The lowest BCUT2D eigenvalue weighted by atomic mass is 10.2. The molecule has 6 heteroatoms. The molecule has 0 saturated heterocycles. The average molecular weight is 185 g/mol. The Morgan fingerprint density at radius 1 is 1.46 bits per heavy atom. The van der Waals surface area contributed by atoms with Gasteiger partial charge in [-0.15, -0.1) is 0 Å². The van der Waals surface area contributed by atoms with E-state index in [9.17, 15) is 14.9 Å². The van der Waals surface area contributed by atoms with Crippen LogP contribution >= 0.6 is 0 Å². The number of nitro groups is 1. The molecule has 0 atom stereocenters. The molecule has 0 aliphatic heterocycles. The highest BCUT2D eigenvalue weighted by Gasteiger charge is 2.08. The normalized spacial score (nSPS) is 8.62.